The number of Topliss-reactive ketones (excluding diaryl/α,β-unsaturated/α-hetero) is 1. The number of aldehydes is 1. The molecule has 1 fully saturated rings. The fourth-order valence-electron chi connectivity index (χ4n) is 3.71. The molecule has 0 bridgehead atoms. The lowest BCUT2D eigenvalue weighted by Gasteiger charge is -2.45. The number of ether oxygens (including phenoxy) is 2. The van der Waals surface area contributed by atoms with Crippen LogP contribution in [0.1, 0.15) is 12.5 Å². The lowest BCUT2D eigenvalue weighted by atomic mass is 9.67. The minimum atomic E-state index is -1.25. The van der Waals surface area contributed by atoms with E-state index in [2.05, 4.69) is 0 Å². The molecule has 25 heavy (non-hydrogen) atoms. The maximum absolute atomic E-state index is 12.9. The van der Waals surface area contributed by atoms with E-state index < -0.39 is 36.1 Å². The van der Waals surface area contributed by atoms with Gasteiger partial charge in [0, 0.05) is 17.9 Å². The van der Waals surface area contributed by atoms with Gasteiger partial charge in [-0.2, -0.15) is 0 Å². The van der Waals surface area contributed by atoms with Crippen LogP contribution in [-0.4, -0.2) is 47.7 Å². The number of rotatable bonds is 4. The summed E-state index contributed by atoms with van der Waals surface area (Å²) >= 11 is 0. The monoisotopic (exact) mass is 346 g/mol. The highest BCUT2D eigenvalue weighted by Crippen LogP contribution is 2.40. The summed E-state index contributed by atoms with van der Waals surface area (Å²) in [4.78, 5) is 24.1. The molecule has 6 nitrogen and oxygen atoms in total. The Balaban J connectivity index is 1.83. The SMILES string of the molecule is COc1ccc(CC2=COC3C(C)C(O)C(C=O)C(O)C3C2=O)cc1. The zero-order valence-electron chi connectivity index (χ0n) is 14.2. The van der Waals surface area contributed by atoms with Crippen molar-refractivity contribution in [3.63, 3.8) is 0 Å². The van der Waals surface area contributed by atoms with Crippen molar-refractivity contribution in [2.45, 2.75) is 31.7 Å². The summed E-state index contributed by atoms with van der Waals surface area (Å²) in [7, 11) is 1.58. The number of methoxy groups -OCH3 is 1. The second kappa shape index (κ2) is 6.98. The third-order valence-electron chi connectivity index (χ3n) is 5.26. The number of aliphatic hydroxyl groups excluding tert-OH is 2. The van der Waals surface area contributed by atoms with Gasteiger partial charge in [-0.25, -0.2) is 0 Å². The highest BCUT2D eigenvalue weighted by molar-refractivity contribution is 5.99. The summed E-state index contributed by atoms with van der Waals surface area (Å²) in [5.41, 5.74) is 1.35. The normalized spacial score (nSPS) is 34.6. The van der Waals surface area contributed by atoms with Crippen molar-refractivity contribution in [1.29, 1.82) is 0 Å². The lowest BCUT2D eigenvalue weighted by Crippen LogP contribution is -2.59. The zero-order chi connectivity index (χ0) is 18.1. The number of hydrogen-bond donors (Lipinski definition) is 2. The smallest absolute Gasteiger partial charge is 0.171 e. The lowest BCUT2D eigenvalue weighted by molar-refractivity contribution is -0.167. The summed E-state index contributed by atoms with van der Waals surface area (Å²) in [5.74, 6) is -1.75. The van der Waals surface area contributed by atoms with Gasteiger partial charge in [0.2, 0.25) is 0 Å². The fourth-order valence-corrected chi connectivity index (χ4v) is 3.71. The van der Waals surface area contributed by atoms with Crippen LogP contribution in [0.2, 0.25) is 0 Å². The maximum Gasteiger partial charge on any atom is 0.171 e. The van der Waals surface area contributed by atoms with Crippen LogP contribution in [0.3, 0.4) is 0 Å². The Morgan fingerprint density at radius 1 is 1.20 bits per heavy atom. The van der Waals surface area contributed by atoms with Gasteiger partial charge in [0.25, 0.3) is 0 Å². The number of carbonyl (C=O) groups excluding carboxylic acids is 2. The molecule has 0 saturated heterocycles. The Bertz CT molecular complexity index is 680. The Morgan fingerprint density at radius 3 is 2.48 bits per heavy atom. The molecule has 0 amide bonds. The first-order chi connectivity index (χ1) is 12.0. The summed E-state index contributed by atoms with van der Waals surface area (Å²) in [6.07, 6.45) is -0.601. The van der Waals surface area contributed by atoms with Gasteiger partial charge in [-0.15, -0.1) is 0 Å². The van der Waals surface area contributed by atoms with Crippen molar-refractivity contribution in [3.8, 4) is 5.75 Å². The average Bonchev–Trinajstić information content (AvgIpc) is 2.62. The van der Waals surface area contributed by atoms with Crippen molar-refractivity contribution in [1.82, 2.24) is 0 Å². The second-order valence-corrected chi connectivity index (χ2v) is 6.71. The molecule has 134 valence electrons. The first-order valence-corrected chi connectivity index (χ1v) is 8.31. The van der Waals surface area contributed by atoms with Gasteiger partial charge in [0.15, 0.2) is 5.78 Å². The molecule has 1 heterocycles. The minimum Gasteiger partial charge on any atom is -0.497 e. The molecule has 0 spiro atoms. The van der Waals surface area contributed by atoms with E-state index in [1.807, 2.05) is 24.3 Å². The second-order valence-electron chi connectivity index (χ2n) is 6.71. The Morgan fingerprint density at radius 2 is 1.88 bits per heavy atom. The van der Waals surface area contributed by atoms with Crippen LogP contribution in [-0.2, 0) is 20.7 Å². The number of benzene rings is 1. The number of aliphatic hydroxyl groups is 2. The Hall–Kier alpha value is -2.18. The molecule has 2 N–H and O–H groups in total. The van der Waals surface area contributed by atoms with Crippen molar-refractivity contribution in [3.05, 3.63) is 41.7 Å². The first-order valence-electron chi connectivity index (χ1n) is 8.31. The largest absolute Gasteiger partial charge is 0.497 e. The van der Waals surface area contributed by atoms with E-state index in [9.17, 15) is 19.8 Å². The van der Waals surface area contributed by atoms with Gasteiger partial charge in [-0.3, -0.25) is 4.79 Å². The van der Waals surface area contributed by atoms with Gasteiger partial charge in [0.1, 0.15) is 18.1 Å². The van der Waals surface area contributed by atoms with E-state index >= 15 is 0 Å². The van der Waals surface area contributed by atoms with Crippen LogP contribution < -0.4 is 4.74 Å². The number of hydrogen-bond acceptors (Lipinski definition) is 6. The zero-order valence-corrected chi connectivity index (χ0v) is 14.2. The molecule has 0 aromatic heterocycles. The number of allylic oxidation sites excluding steroid dienone is 1. The number of ketones is 1. The predicted molar refractivity (Wildman–Crippen MR) is 88.9 cm³/mol. The van der Waals surface area contributed by atoms with Gasteiger partial charge < -0.3 is 24.5 Å². The van der Waals surface area contributed by atoms with Crippen LogP contribution in [0.5, 0.6) is 5.75 Å². The third-order valence-corrected chi connectivity index (χ3v) is 5.26. The quantitative estimate of drug-likeness (QED) is 0.787. The molecule has 6 atom stereocenters. The molecule has 2 aliphatic rings. The molecular weight excluding hydrogens is 324 g/mol. The highest BCUT2D eigenvalue weighted by Gasteiger charge is 2.53. The molecule has 6 unspecified atom stereocenters. The standard InChI is InChI=1S/C19H22O6/c1-10-16(21)14(8-20)18(23)15-17(22)12(9-25-19(10)15)7-11-3-5-13(24-2)6-4-11/h3-6,8-10,14-16,18-19,21,23H,7H2,1-2H3. The van der Waals surface area contributed by atoms with Gasteiger partial charge in [-0.1, -0.05) is 19.1 Å². The maximum atomic E-state index is 12.9. The van der Waals surface area contributed by atoms with E-state index in [1.165, 1.54) is 6.26 Å². The van der Waals surface area contributed by atoms with Crippen LogP contribution >= 0.6 is 0 Å². The topological polar surface area (TPSA) is 93.1 Å². The van der Waals surface area contributed by atoms with Crippen LogP contribution in [0.15, 0.2) is 36.1 Å². The van der Waals surface area contributed by atoms with E-state index in [0.29, 0.717) is 18.3 Å². The Kier molecular flexibility index (Phi) is 4.92. The first kappa shape index (κ1) is 17.6. The molecule has 1 aliphatic heterocycles. The van der Waals surface area contributed by atoms with Crippen LogP contribution in [0.25, 0.3) is 0 Å². The molecule has 1 saturated carbocycles. The van der Waals surface area contributed by atoms with Gasteiger partial charge in [-0.05, 0) is 17.7 Å². The minimum absolute atomic E-state index is 0.231. The molecule has 1 aromatic carbocycles. The number of fused-ring (bicyclic) bond motifs is 1. The summed E-state index contributed by atoms with van der Waals surface area (Å²) in [5, 5.41) is 20.6. The van der Waals surface area contributed by atoms with Gasteiger partial charge in [0.05, 0.1) is 37.4 Å². The Labute approximate surface area is 146 Å². The summed E-state index contributed by atoms with van der Waals surface area (Å²) < 4.78 is 10.8. The van der Waals surface area contributed by atoms with Crippen LogP contribution in [0, 0.1) is 17.8 Å². The van der Waals surface area contributed by atoms with Crippen molar-refractivity contribution >= 4 is 12.1 Å². The number of carbonyl (C=O) groups is 2. The van der Waals surface area contributed by atoms with Crippen molar-refractivity contribution < 1.29 is 29.3 Å². The molecule has 3 rings (SSSR count). The molecule has 6 heteroatoms. The molecular formula is C19H22O6. The predicted octanol–water partition coefficient (Wildman–Crippen LogP) is 0.892. The molecule has 1 aliphatic carbocycles. The van der Waals surface area contributed by atoms with Gasteiger partial charge >= 0.3 is 0 Å². The third kappa shape index (κ3) is 3.07. The van der Waals surface area contributed by atoms with E-state index in [-0.39, 0.29) is 5.78 Å². The van der Waals surface area contributed by atoms with Crippen molar-refractivity contribution in [2.75, 3.05) is 7.11 Å². The molecule has 1 aromatic rings. The van der Waals surface area contributed by atoms with E-state index in [0.717, 1.165) is 11.3 Å². The van der Waals surface area contributed by atoms with Crippen molar-refractivity contribution in [2.24, 2.45) is 17.8 Å². The van der Waals surface area contributed by atoms with E-state index in [1.54, 1.807) is 14.0 Å². The summed E-state index contributed by atoms with van der Waals surface area (Å²) in [6, 6.07) is 7.33. The molecule has 0 radical (unpaired) electrons. The average molecular weight is 346 g/mol. The van der Waals surface area contributed by atoms with E-state index in [4.69, 9.17) is 9.47 Å². The van der Waals surface area contributed by atoms with Crippen LogP contribution in [0.4, 0.5) is 0 Å². The fraction of sp³-hybridized carbons (Fsp3) is 0.474. The summed E-state index contributed by atoms with van der Waals surface area (Å²) in [6.45, 7) is 1.72. The highest BCUT2D eigenvalue weighted by atomic mass is 16.5.